The first-order valence-corrected chi connectivity index (χ1v) is 13.5. The Kier molecular flexibility index (Phi) is 7.37. The van der Waals surface area contributed by atoms with Crippen molar-refractivity contribution in [3.63, 3.8) is 0 Å². The standard InChI is InChI=1S/C30H31N7O3/c31-20-33-29(35-25-8-4-7-22-18-32-12-11-24(22)25)36-13-14-37(26(19-36)21-5-2-1-3-6-21)30(38)34-23-9-10-27-28(17-23)40-16-15-39-27/h1-10,17,26,32H,11-16,18-19H2,(H,33,35)(H,34,38). The highest BCUT2D eigenvalue weighted by Crippen LogP contribution is 2.33. The number of rotatable bonds is 3. The summed E-state index contributed by atoms with van der Waals surface area (Å²) in [6, 6.07) is 21.1. The molecule has 0 aromatic heterocycles. The largest absolute Gasteiger partial charge is 0.486 e. The summed E-state index contributed by atoms with van der Waals surface area (Å²) in [4.78, 5) is 21.7. The van der Waals surface area contributed by atoms with Gasteiger partial charge in [0.25, 0.3) is 0 Å². The molecular weight excluding hydrogens is 506 g/mol. The van der Waals surface area contributed by atoms with Gasteiger partial charge in [-0.2, -0.15) is 5.26 Å². The molecule has 40 heavy (non-hydrogen) atoms. The van der Waals surface area contributed by atoms with Gasteiger partial charge in [-0.1, -0.05) is 42.5 Å². The SMILES string of the molecule is N#C/N=C(/Nc1cccc2c1CCNC2)N1CCN(C(=O)Nc2ccc3c(c2)OCCO3)C(c2ccccc2)C1. The summed E-state index contributed by atoms with van der Waals surface area (Å²) in [5.41, 5.74) is 5.09. The van der Waals surface area contributed by atoms with Gasteiger partial charge in [0.15, 0.2) is 11.5 Å². The molecule has 3 aromatic rings. The number of urea groups is 1. The third kappa shape index (κ3) is 5.37. The lowest BCUT2D eigenvalue weighted by molar-refractivity contribution is 0.136. The summed E-state index contributed by atoms with van der Waals surface area (Å²) in [6.07, 6.45) is 2.87. The monoisotopic (exact) mass is 537 g/mol. The van der Waals surface area contributed by atoms with Crippen LogP contribution >= 0.6 is 0 Å². The summed E-state index contributed by atoms with van der Waals surface area (Å²) in [7, 11) is 0. The Morgan fingerprint density at radius 2 is 1.85 bits per heavy atom. The van der Waals surface area contributed by atoms with Crippen LogP contribution in [0, 0.1) is 11.5 Å². The van der Waals surface area contributed by atoms with Crippen molar-refractivity contribution in [1.29, 1.82) is 5.26 Å². The number of hydrogen-bond acceptors (Lipinski definition) is 6. The van der Waals surface area contributed by atoms with Gasteiger partial charge in [-0.25, -0.2) is 4.79 Å². The number of carbonyl (C=O) groups excluding carboxylic acids is 1. The van der Waals surface area contributed by atoms with E-state index in [9.17, 15) is 10.1 Å². The number of piperazine rings is 1. The highest BCUT2D eigenvalue weighted by atomic mass is 16.6. The molecule has 0 radical (unpaired) electrons. The van der Waals surface area contributed by atoms with Crippen LogP contribution in [0.25, 0.3) is 0 Å². The molecule has 2 amide bonds. The molecule has 3 heterocycles. The summed E-state index contributed by atoms with van der Waals surface area (Å²) in [5.74, 6) is 1.78. The van der Waals surface area contributed by atoms with E-state index in [0.717, 1.165) is 30.8 Å². The quantitative estimate of drug-likeness (QED) is 0.263. The van der Waals surface area contributed by atoms with Crippen molar-refractivity contribution in [3.8, 4) is 17.7 Å². The third-order valence-electron chi connectivity index (χ3n) is 7.46. The second-order valence-corrected chi connectivity index (χ2v) is 9.88. The van der Waals surface area contributed by atoms with E-state index in [4.69, 9.17) is 9.47 Å². The smallest absolute Gasteiger partial charge is 0.322 e. The number of carbonyl (C=O) groups is 1. The van der Waals surface area contributed by atoms with E-state index in [1.165, 1.54) is 11.1 Å². The number of nitriles is 1. The van der Waals surface area contributed by atoms with Crippen LogP contribution < -0.4 is 25.4 Å². The molecule has 3 aliphatic heterocycles. The molecule has 10 heteroatoms. The van der Waals surface area contributed by atoms with Crippen LogP contribution in [0.2, 0.25) is 0 Å². The summed E-state index contributed by atoms with van der Waals surface area (Å²) >= 11 is 0. The maximum atomic E-state index is 13.6. The van der Waals surface area contributed by atoms with Gasteiger partial charge in [0.2, 0.25) is 12.2 Å². The van der Waals surface area contributed by atoms with E-state index in [1.807, 2.05) is 65.7 Å². The molecule has 1 unspecified atom stereocenters. The zero-order valence-electron chi connectivity index (χ0n) is 22.1. The molecule has 1 saturated heterocycles. The van der Waals surface area contributed by atoms with Crippen molar-refractivity contribution in [2.24, 2.45) is 4.99 Å². The third-order valence-corrected chi connectivity index (χ3v) is 7.46. The lowest BCUT2D eigenvalue weighted by atomic mass is 9.99. The number of hydrogen-bond donors (Lipinski definition) is 3. The number of anilines is 2. The van der Waals surface area contributed by atoms with Gasteiger partial charge in [0, 0.05) is 43.6 Å². The average Bonchev–Trinajstić information content (AvgIpc) is 3.01. The number of guanidine groups is 1. The van der Waals surface area contributed by atoms with Crippen molar-refractivity contribution in [2.45, 2.75) is 19.0 Å². The van der Waals surface area contributed by atoms with E-state index in [2.05, 4.69) is 31.9 Å². The van der Waals surface area contributed by atoms with Crippen molar-refractivity contribution in [3.05, 3.63) is 83.4 Å². The van der Waals surface area contributed by atoms with Crippen LogP contribution in [-0.2, 0) is 13.0 Å². The van der Waals surface area contributed by atoms with E-state index in [0.29, 0.717) is 56.0 Å². The van der Waals surface area contributed by atoms with Gasteiger partial charge in [-0.15, -0.1) is 4.99 Å². The highest BCUT2D eigenvalue weighted by Gasteiger charge is 2.33. The molecule has 10 nitrogen and oxygen atoms in total. The number of benzene rings is 3. The second kappa shape index (κ2) is 11.6. The Bertz CT molecular complexity index is 1450. The molecule has 0 spiro atoms. The molecule has 0 bridgehead atoms. The second-order valence-electron chi connectivity index (χ2n) is 9.88. The van der Waals surface area contributed by atoms with Crippen LogP contribution in [0.1, 0.15) is 22.7 Å². The number of nitrogens with zero attached hydrogens (tertiary/aromatic N) is 4. The maximum absolute atomic E-state index is 13.6. The summed E-state index contributed by atoms with van der Waals surface area (Å²) in [6.45, 7) is 4.15. The fraction of sp³-hybridized carbons (Fsp3) is 0.300. The summed E-state index contributed by atoms with van der Waals surface area (Å²) in [5, 5.41) is 19.4. The number of ether oxygens (including phenoxy) is 2. The van der Waals surface area contributed by atoms with Crippen molar-refractivity contribution < 1.29 is 14.3 Å². The van der Waals surface area contributed by atoms with Crippen LogP contribution in [0.4, 0.5) is 16.2 Å². The van der Waals surface area contributed by atoms with Gasteiger partial charge in [0.1, 0.15) is 13.2 Å². The van der Waals surface area contributed by atoms with Gasteiger partial charge in [0.05, 0.1) is 6.04 Å². The molecule has 3 aromatic carbocycles. The van der Waals surface area contributed by atoms with Crippen LogP contribution in [0.5, 0.6) is 11.5 Å². The Morgan fingerprint density at radius 3 is 2.70 bits per heavy atom. The van der Waals surface area contributed by atoms with Crippen molar-refractivity contribution in [2.75, 3.05) is 50.0 Å². The molecule has 1 atom stereocenters. The van der Waals surface area contributed by atoms with Gasteiger partial charge < -0.3 is 35.2 Å². The Hall–Kier alpha value is -4.75. The predicted molar refractivity (Wildman–Crippen MR) is 152 cm³/mol. The zero-order chi connectivity index (χ0) is 27.3. The average molecular weight is 538 g/mol. The number of fused-ring (bicyclic) bond motifs is 2. The van der Waals surface area contributed by atoms with Gasteiger partial charge in [-0.05, 0) is 47.9 Å². The maximum Gasteiger partial charge on any atom is 0.322 e. The predicted octanol–water partition coefficient (Wildman–Crippen LogP) is 3.94. The summed E-state index contributed by atoms with van der Waals surface area (Å²) < 4.78 is 11.3. The molecule has 6 rings (SSSR count). The number of nitrogens with one attached hydrogen (secondary N) is 3. The Labute approximate surface area is 233 Å². The van der Waals surface area contributed by atoms with E-state index in [-0.39, 0.29) is 12.1 Å². The molecule has 3 N–H and O–H groups in total. The fourth-order valence-electron chi connectivity index (χ4n) is 5.49. The molecule has 1 fully saturated rings. The first-order valence-electron chi connectivity index (χ1n) is 13.5. The highest BCUT2D eigenvalue weighted by molar-refractivity contribution is 5.96. The normalized spacial score (nSPS) is 18.4. The minimum atomic E-state index is -0.258. The van der Waals surface area contributed by atoms with E-state index < -0.39 is 0 Å². The zero-order valence-corrected chi connectivity index (χ0v) is 22.1. The molecule has 0 saturated carbocycles. The van der Waals surface area contributed by atoms with E-state index in [1.54, 1.807) is 6.07 Å². The van der Waals surface area contributed by atoms with Crippen molar-refractivity contribution in [1.82, 2.24) is 15.1 Å². The minimum absolute atomic E-state index is 0.207. The lowest BCUT2D eigenvalue weighted by Gasteiger charge is -2.42. The van der Waals surface area contributed by atoms with Gasteiger partial charge in [-0.3, -0.25) is 0 Å². The Balaban J connectivity index is 1.23. The van der Waals surface area contributed by atoms with Crippen LogP contribution in [0.15, 0.2) is 71.7 Å². The molecule has 0 aliphatic carbocycles. The van der Waals surface area contributed by atoms with E-state index >= 15 is 0 Å². The lowest BCUT2D eigenvalue weighted by Crippen LogP contribution is -2.54. The van der Waals surface area contributed by atoms with Crippen LogP contribution in [-0.4, -0.2) is 61.2 Å². The fourth-order valence-corrected chi connectivity index (χ4v) is 5.49. The first kappa shape index (κ1) is 25.5. The Morgan fingerprint density at radius 1 is 1.00 bits per heavy atom. The van der Waals surface area contributed by atoms with Crippen LogP contribution in [0.3, 0.4) is 0 Å². The topological polar surface area (TPSA) is 114 Å². The number of aliphatic imine (C=N–C) groups is 1. The molecule has 3 aliphatic rings. The first-order chi connectivity index (χ1) is 19.7. The number of amides is 2. The minimum Gasteiger partial charge on any atom is -0.486 e. The molecule has 204 valence electrons. The van der Waals surface area contributed by atoms with Crippen molar-refractivity contribution >= 4 is 23.4 Å². The molecular formula is C30H31N7O3. The van der Waals surface area contributed by atoms with Gasteiger partial charge >= 0.3 is 6.03 Å².